The Bertz CT molecular complexity index is 768. The van der Waals surface area contributed by atoms with Crippen LogP contribution in [-0.4, -0.2) is 52.9 Å². The van der Waals surface area contributed by atoms with Gasteiger partial charge in [-0.1, -0.05) is 0 Å². The van der Waals surface area contributed by atoms with Gasteiger partial charge in [-0.2, -0.15) is 0 Å². The minimum atomic E-state index is -2.17. The minimum absolute atomic E-state index is 0. The van der Waals surface area contributed by atoms with Crippen LogP contribution in [0.1, 0.15) is 0 Å². The first-order chi connectivity index (χ1) is 16.1. The van der Waals surface area contributed by atoms with Gasteiger partial charge in [0.2, 0.25) is 0 Å². The summed E-state index contributed by atoms with van der Waals surface area (Å²) in [5.41, 5.74) is 0. The fourth-order valence-electron chi connectivity index (χ4n) is 1.87. The number of hydrogen-bond acceptors (Lipinski definition) is 4. The molecule has 2 saturated heterocycles. The normalized spacial score (nSPS) is 14.3. The maximum absolute atomic E-state index is 12.0. The Morgan fingerprint density at radius 1 is 0.361 bits per heavy atom. The van der Waals surface area contributed by atoms with E-state index in [2.05, 4.69) is 0 Å². The van der Waals surface area contributed by atoms with Crippen LogP contribution >= 0.6 is 0 Å². The van der Waals surface area contributed by atoms with Gasteiger partial charge < -0.3 is 18.9 Å². The van der Waals surface area contributed by atoms with Crippen molar-refractivity contribution in [1.29, 1.82) is 0 Å². The fraction of sp³-hybridized carbons (Fsp3) is 0.400. The number of hydrogen-bond donors (Lipinski definition) is 0. The molecule has 0 N–H and O–H groups in total. The van der Waals surface area contributed by atoms with Crippen molar-refractivity contribution in [2.75, 3.05) is 52.9 Å². The molecular weight excluding hydrogens is 612 g/mol. The summed E-state index contributed by atoms with van der Waals surface area (Å²) >= 11 is 0. The van der Waals surface area contributed by atoms with Crippen molar-refractivity contribution in [2.24, 2.45) is 0 Å². The number of benzene rings is 2. The third kappa shape index (κ3) is 12.7. The summed E-state index contributed by atoms with van der Waals surface area (Å²) < 4.78 is 139. The Kier molecular flexibility index (Phi) is 20.0. The maximum atomic E-state index is 12.0. The Hall–Kier alpha value is -1.43. The van der Waals surface area contributed by atoms with Crippen LogP contribution in [0.3, 0.4) is 0 Å². The first-order valence-electron chi connectivity index (χ1n) is 9.20. The second-order valence-electron chi connectivity index (χ2n) is 5.84. The molecule has 4 nitrogen and oxygen atoms in total. The Labute approximate surface area is 219 Å². The molecule has 2 aromatic carbocycles. The standard InChI is InChI=1S/2C6F5.2C4H8O2.2Ni/c2*7-2-1-3(8)5(10)6(11)4(2)9;2*1-2-6-4-3-5-1;;/h;;2*1-4H2;;/q2*-1;;;;+2. The van der Waals surface area contributed by atoms with Crippen molar-refractivity contribution in [3.8, 4) is 0 Å². The number of rotatable bonds is 0. The summed E-state index contributed by atoms with van der Waals surface area (Å²) in [6, 6.07) is 2.05. The van der Waals surface area contributed by atoms with Crippen molar-refractivity contribution < 1.29 is 95.8 Å². The first kappa shape index (κ1) is 36.7. The summed E-state index contributed by atoms with van der Waals surface area (Å²) in [7, 11) is 0. The quantitative estimate of drug-likeness (QED) is 0.143. The Morgan fingerprint density at radius 2 is 0.528 bits per heavy atom. The smallest absolute Gasteiger partial charge is 0.377 e. The molecule has 0 aromatic heterocycles. The van der Waals surface area contributed by atoms with Gasteiger partial charge in [0.05, 0.1) is 111 Å². The van der Waals surface area contributed by atoms with Crippen LogP contribution in [0.5, 0.6) is 0 Å². The van der Waals surface area contributed by atoms with Crippen LogP contribution < -0.4 is 0 Å². The van der Waals surface area contributed by atoms with Gasteiger partial charge in [0.25, 0.3) is 0 Å². The molecule has 0 atom stereocenters. The van der Waals surface area contributed by atoms with E-state index in [1.807, 2.05) is 0 Å². The summed E-state index contributed by atoms with van der Waals surface area (Å²) in [5.74, 6) is -20.1. The van der Waals surface area contributed by atoms with E-state index in [1.165, 1.54) is 0 Å². The summed E-state index contributed by atoms with van der Waals surface area (Å²) in [6.07, 6.45) is 0. The molecule has 2 heterocycles. The largest absolute Gasteiger partial charge is 2.00 e. The summed E-state index contributed by atoms with van der Waals surface area (Å²) in [5, 5.41) is 0. The van der Waals surface area contributed by atoms with Gasteiger partial charge >= 0.3 is 16.5 Å². The molecule has 36 heavy (non-hydrogen) atoms. The van der Waals surface area contributed by atoms with E-state index in [-0.39, 0.29) is 33.0 Å². The molecule has 210 valence electrons. The maximum Gasteiger partial charge on any atom is 2.00 e. The van der Waals surface area contributed by atoms with E-state index in [9.17, 15) is 43.9 Å². The van der Waals surface area contributed by atoms with E-state index in [0.717, 1.165) is 65.0 Å². The molecule has 0 radical (unpaired) electrons. The number of halogens is 10. The average Bonchev–Trinajstić information content (AvgIpc) is 2.87. The van der Waals surface area contributed by atoms with Crippen molar-refractivity contribution in [3.05, 3.63) is 70.3 Å². The van der Waals surface area contributed by atoms with Gasteiger partial charge in [-0.25, -0.2) is 26.3 Å². The predicted molar refractivity (Wildman–Crippen MR) is 93.4 cm³/mol. The van der Waals surface area contributed by atoms with Crippen LogP contribution in [0.25, 0.3) is 0 Å². The van der Waals surface area contributed by atoms with Crippen LogP contribution in [0.15, 0.2) is 0 Å². The molecule has 16 heteroatoms. The Morgan fingerprint density at radius 3 is 0.667 bits per heavy atom. The zero-order valence-electron chi connectivity index (χ0n) is 17.7. The molecule has 2 aliphatic heterocycles. The molecular formula is C20H16F10Ni2O4. The van der Waals surface area contributed by atoms with Crippen LogP contribution in [-0.2, 0) is 51.9 Å². The zero-order valence-corrected chi connectivity index (χ0v) is 19.7. The van der Waals surface area contributed by atoms with Gasteiger partial charge in [0.15, 0.2) is 0 Å². The second kappa shape index (κ2) is 19.6. The summed E-state index contributed by atoms with van der Waals surface area (Å²) in [6.45, 7) is 6.22. The van der Waals surface area contributed by atoms with Gasteiger partial charge in [0, 0.05) is 16.5 Å². The average molecular weight is 628 g/mol. The van der Waals surface area contributed by atoms with Crippen LogP contribution in [0.2, 0.25) is 0 Å². The predicted octanol–water partition coefficient (Wildman–Crippen LogP) is 4.43. The molecule has 0 spiro atoms. The molecule has 0 unspecified atom stereocenters. The number of ether oxygens (including phenoxy) is 4. The van der Waals surface area contributed by atoms with Gasteiger partial charge in [0.1, 0.15) is 0 Å². The molecule has 2 aliphatic rings. The van der Waals surface area contributed by atoms with Crippen molar-refractivity contribution in [2.45, 2.75) is 0 Å². The van der Waals surface area contributed by atoms with Crippen LogP contribution in [0, 0.1) is 70.3 Å². The monoisotopic (exact) mass is 626 g/mol. The molecule has 4 rings (SSSR count). The summed E-state index contributed by atoms with van der Waals surface area (Å²) in [4.78, 5) is 0. The third-order valence-corrected chi connectivity index (χ3v) is 3.47. The molecule has 2 fully saturated rings. The SMILES string of the molecule is C1COCCO1.C1COCCO1.Fc1[c-]c(F)c(F)c(F)c1F.Fc1[c-]c(F)c(F)c(F)c1F.[Ni+2].[Ni]. The molecule has 0 aliphatic carbocycles. The van der Waals surface area contributed by atoms with Crippen molar-refractivity contribution in [3.63, 3.8) is 0 Å². The van der Waals surface area contributed by atoms with E-state index in [1.54, 1.807) is 0 Å². The van der Waals surface area contributed by atoms with Gasteiger partial charge in [-0.15, -0.1) is 12.1 Å². The molecule has 0 saturated carbocycles. The van der Waals surface area contributed by atoms with Gasteiger partial charge in [-0.05, 0) is 0 Å². The first-order valence-corrected chi connectivity index (χ1v) is 9.20. The van der Waals surface area contributed by atoms with Crippen molar-refractivity contribution in [1.82, 2.24) is 0 Å². The third-order valence-electron chi connectivity index (χ3n) is 3.47. The molecule has 0 bridgehead atoms. The van der Waals surface area contributed by atoms with E-state index < -0.39 is 58.2 Å². The van der Waals surface area contributed by atoms with Crippen LogP contribution in [0.4, 0.5) is 43.9 Å². The Balaban J connectivity index is 0. The zero-order chi connectivity index (χ0) is 25.7. The molecule has 2 aromatic rings. The second-order valence-corrected chi connectivity index (χ2v) is 5.84. The fourth-order valence-corrected chi connectivity index (χ4v) is 1.87. The van der Waals surface area contributed by atoms with Gasteiger partial charge in [-0.3, -0.25) is 17.6 Å². The minimum Gasteiger partial charge on any atom is -0.377 e. The van der Waals surface area contributed by atoms with E-state index in [0.29, 0.717) is 0 Å². The van der Waals surface area contributed by atoms with E-state index in [4.69, 9.17) is 18.9 Å². The molecule has 0 amide bonds. The van der Waals surface area contributed by atoms with E-state index >= 15 is 0 Å². The topological polar surface area (TPSA) is 36.9 Å². The van der Waals surface area contributed by atoms with Crippen molar-refractivity contribution >= 4 is 0 Å².